The molecule has 0 aromatic carbocycles. The summed E-state index contributed by atoms with van der Waals surface area (Å²) in [6.45, 7) is 10.5. The van der Waals surface area contributed by atoms with Crippen LogP contribution in [0.1, 0.15) is 175 Å². The van der Waals surface area contributed by atoms with Gasteiger partial charge in [-0.15, -0.1) is 0 Å². The molecule has 5 aromatic rings. The number of nitriles is 1. The van der Waals surface area contributed by atoms with Crippen molar-refractivity contribution in [3.63, 3.8) is 0 Å². The zero-order valence-electron chi connectivity index (χ0n) is 52.7. The molecule has 0 saturated heterocycles. The summed E-state index contributed by atoms with van der Waals surface area (Å²) in [7, 11) is 0. The van der Waals surface area contributed by atoms with Crippen LogP contribution < -0.4 is 32.7 Å². The van der Waals surface area contributed by atoms with E-state index in [0.717, 1.165) is 22.8 Å². The molecule has 5 heterocycles. The Morgan fingerprint density at radius 3 is 1.14 bits per heavy atom. The molecule has 5 fully saturated rings. The number of nitrogens with zero attached hydrogens (tertiary/aromatic N) is 11. The summed E-state index contributed by atoms with van der Waals surface area (Å²) in [6.07, 6.45) is 3.72. The van der Waals surface area contributed by atoms with E-state index in [-0.39, 0.29) is 122 Å². The number of nitrogens with one attached hydrogen (secondary N) is 4. The fraction of sp³-hybridized carbons (Fsp3) is 0.617. The lowest BCUT2D eigenvalue weighted by Gasteiger charge is -2.29. The fourth-order valence-electron chi connectivity index (χ4n) is 9.75. The van der Waals surface area contributed by atoms with Crippen molar-refractivity contribution in [2.45, 2.75) is 230 Å². The smallest absolute Gasteiger partial charge is 0.248 e. The van der Waals surface area contributed by atoms with Crippen LogP contribution in [-0.4, -0.2) is 126 Å². The molecule has 10 rings (SSSR count). The van der Waals surface area contributed by atoms with Crippen molar-refractivity contribution in [2.75, 3.05) is 26.6 Å². The number of anilines is 4. The van der Waals surface area contributed by atoms with E-state index in [0.29, 0.717) is 115 Å². The summed E-state index contributed by atoms with van der Waals surface area (Å²) in [5, 5.41) is 22.8. The first-order valence-corrected chi connectivity index (χ1v) is 33.2. The molecule has 0 radical (unpaired) electrons. The van der Waals surface area contributed by atoms with Gasteiger partial charge in [-0.2, -0.15) is 5.26 Å². The van der Waals surface area contributed by atoms with Crippen molar-refractivity contribution in [3.05, 3.63) is 91.3 Å². The Morgan fingerprint density at radius 1 is 0.500 bits per heavy atom. The molecule has 0 atom stereocenters. The maximum Gasteiger partial charge on any atom is 0.248 e. The van der Waals surface area contributed by atoms with Crippen molar-refractivity contribution >= 4 is 109 Å². The number of hydrogen-bond acceptors (Lipinski definition) is 18. The second kappa shape index (κ2) is 37.9. The van der Waals surface area contributed by atoms with Crippen molar-refractivity contribution in [1.82, 2.24) is 49.8 Å². The summed E-state index contributed by atoms with van der Waals surface area (Å²) in [6, 6.07) is 10.5. The van der Waals surface area contributed by atoms with Crippen molar-refractivity contribution in [3.8, 4) is 6.07 Å². The molecule has 0 spiro atoms. The molecule has 0 aliphatic heterocycles. The molecule has 520 valence electrons. The SMILES string of the molecule is CC(=O)CBr.Cc1cc(Cl)nc(Cl)n1.Cc1cc(Cl)nc(NC2CCC(F)(F)CC2)n1.Cc1cc(NC2CCC(F)(F)CC2)nc(C#N)n1.Cc1cc(NC2CCC(F)(F)CC2)nc(C(N)=S)n1.Cc1cc(NC2CCC(F)(F)CC2)nc(Cl)n1.NC1CCC(F)(F)CC1. The molecule has 5 saturated carbocycles. The predicted octanol–water partition coefficient (Wildman–Crippen LogP) is 16.5. The van der Waals surface area contributed by atoms with Crippen LogP contribution in [-0.2, 0) is 4.79 Å². The van der Waals surface area contributed by atoms with Crippen molar-refractivity contribution in [2.24, 2.45) is 11.5 Å². The van der Waals surface area contributed by atoms with E-state index in [2.05, 4.69) is 87.0 Å². The third-order valence-corrected chi connectivity index (χ3v) is 16.4. The quantitative estimate of drug-likeness (QED) is 0.0249. The number of alkyl halides is 11. The maximum atomic E-state index is 13.1. The van der Waals surface area contributed by atoms with Crippen LogP contribution in [0.3, 0.4) is 0 Å². The molecule has 0 amide bonds. The van der Waals surface area contributed by atoms with Gasteiger partial charge in [0.25, 0.3) is 0 Å². The zero-order chi connectivity index (χ0) is 70.2. The van der Waals surface area contributed by atoms with Crippen LogP contribution in [0, 0.1) is 45.9 Å². The molecule has 0 unspecified atom stereocenters. The van der Waals surface area contributed by atoms with Crippen LogP contribution in [0.2, 0.25) is 20.9 Å². The van der Waals surface area contributed by atoms with E-state index in [9.17, 15) is 48.7 Å². The van der Waals surface area contributed by atoms with Gasteiger partial charge < -0.3 is 32.7 Å². The van der Waals surface area contributed by atoms with Gasteiger partial charge in [0, 0.05) is 141 Å². The molecule has 5 aliphatic carbocycles. The number of Topliss-reactive ketones (excluding diaryl/α,β-unsaturated/α-hetero) is 1. The van der Waals surface area contributed by atoms with Crippen molar-refractivity contribution in [1.29, 1.82) is 5.26 Å². The minimum atomic E-state index is -2.53. The highest BCUT2D eigenvalue weighted by Gasteiger charge is 2.38. The summed E-state index contributed by atoms with van der Waals surface area (Å²) in [4.78, 5) is 49.8. The summed E-state index contributed by atoms with van der Waals surface area (Å²) >= 11 is 30.3. The minimum Gasteiger partial charge on any atom is -0.387 e. The Hall–Kier alpha value is -5.45. The minimum absolute atomic E-state index is 0.00694. The Labute approximate surface area is 574 Å². The average molecular weight is 1500 g/mol. The molecule has 18 nitrogen and oxygen atoms in total. The van der Waals surface area contributed by atoms with Gasteiger partial charge in [0.2, 0.25) is 52.0 Å². The van der Waals surface area contributed by atoms with E-state index in [4.69, 9.17) is 75.4 Å². The zero-order valence-corrected chi connectivity index (χ0v) is 58.1. The van der Waals surface area contributed by atoms with Gasteiger partial charge in [-0.3, -0.25) is 4.79 Å². The number of carbonyl (C=O) groups is 1. The molecular weight excluding hydrogens is 1420 g/mol. The number of aryl methyl sites for hydroxylation is 5. The van der Waals surface area contributed by atoms with Gasteiger partial charge in [-0.05, 0) is 141 Å². The van der Waals surface area contributed by atoms with Crippen LogP contribution in [0.5, 0.6) is 0 Å². The highest BCUT2D eigenvalue weighted by atomic mass is 79.9. The Bertz CT molecular complexity index is 3080. The molecule has 94 heavy (non-hydrogen) atoms. The van der Waals surface area contributed by atoms with Gasteiger partial charge in [-0.1, -0.05) is 51.3 Å². The number of aromatic nitrogens is 10. The number of thiocarbonyl (C=S) groups is 1. The number of carbonyl (C=O) groups excluding carboxylic acids is 1. The van der Waals surface area contributed by atoms with E-state index in [1.807, 2.05) is 26.8 Å². The standard InChI is InChI=1S/C12H16F2N4S.C12H14F2N4.2C11H14ClF2N3.C6H11F2N.C5H4Cl2N2.C3H5BrO/c1-7-6-9(18-11(16-7)10(15)19)17-8-2-4-12(13,14)5-3-8;1-8-6-10(18-11(7-15)16-8)17-9-2-4-12(13,14)5-3-9;1-7-6-9(17-10(12)15-7)16-8-2-4-11(13,14)5-3-8;1-7-6-9(12)17-10(15-7)16-8-2-4-11(13,14)5-3-8;7-6(8)3-1-5(9)2-4-6;1-3-2-4(6)9-5(7)8-3;1-3(5)2-4/h6,8H,2-5H2,1H3,(H2,15,19)(H,16,17,18);6,9H,2-5H2,1H3,(H,16,17,18);2*6,8H,2-5H2,1H3,(H,15,16,17);5H,1-4,9H2;2H,1H3;2H2,1H3. The van der Waals surface area contributed by atoms with Crippen molar-refractivity contribution < 1.29 is 48.7 Å². The first-order valence-electron chi connectivity index (χ1n) is 30.2. The van der Waals surface area contributed by atoms with Gasteiger partial charge in [0.1, 0.15) is 44.6 Å². The lowest BCUT2D eigenvalue weighted by Crippen LogP contribution is -2.32. The number of halogens is 15. The number of nitrogens with two attached hydrogens (primary N) is 2. The average Bonchev–Trinajstić information content (AvgIpc) is 0.951. The van der Waals surface area contributed by atoms with Gasteiger partial charge in [-0.25, -0.2) is 93.7 Å². The molecular formula is C60H78BrCl4F10N17OS. The largest absolute Gasteiger partial charge is 0.387 e. The lowest BCUT2D eigenvalue weighted by molar-refractivity contribution is -0.114. The highest BCUT2D eigenvalue weighted by Crippen LogP contribution is 2.38. The number of ketones is 1. The topological polar surface area (TPSA) is 270 Å². The summed E-state index contributed by atoms with van der Waals surface area (Å²) < 4.78 is 129. The first-order chi connectivity index (χ1) is 43.8. The van der Waals surface area contributed by atoms with Gasteiger partial charge in [0.15, 0.2) is 5.82 Å². The molecule has 5 aromatic heterocycles. The molecule has 34 heteroatoms. The third-order valence-electron chi connectivity index (χ3n) is 14.7. The van der Waals surface area contributed by atoms with Crippen LogP contribution in [0.25, 0.3) is 0 Å². The normalized spacial score (nSPS) is 18.9. The molecule has 8 N–H and O–H groups in total. The second-order valence-corrected chi connectivity index (χ2v) is 25.9. The predicted molar refractivity (Wildman–Crippen MR) is 354 cm³/mol. The summed E-state index contributed by atoms with van der Waals surface area (Å²) in [5.74, 6) is -9.76. The van der Waals surface area contributed by atoms with Crippen LogP contribution >= 0.6 is 74.6 Å². The number of hydrogen-bond donors (Lipinski definition) is 6. The first kappa shape index (κ1) is 81.0. The third kappa shape index (κ3) is 33.0. The lowest BCUT2D eigenvalue weighted by atomic mass is 9.92. The highest BCUT2D eigenvalue weighted by molar-refractivity contribution is 9.09. The Kier molecular flexibility index (Phi) is 32.6. The van der Waals surface area contributed by atoms with Gasteiger partial charge in [0.05, 0.1) is 5.33 Å². The number of rotatable bonds is 10. The molecule has 5 aliphatic rings. The summed E-state index contributed by atoms with van der Waals surface area (Å²) in [5.41, 5.74) is 14.6. The van der Waals surface area contributed by atoms with Crippen LogP contribution in [0.15, 0.2) is 30.3 Å². The monoisotopic (exact) mass is 1490 g/mol. The second-order valence-electron chi connectivity index (χ2n) is 23.5. The molecule has 0 bridgehead atoms. The van der Waals surface area contributed by atoms with E-state index in [1.54, 1.807) is 44.2 Å². The van der Waals surface area contributed by atoms with E-state index < -0.39 is 29.6 Å². The maximum absolute atomic E-state index is 13.1. The van der Waals surface area contributed by atoms with E-state index in [1.165, 1.54) is 6.92 Å². The Balaban J connectivity index is 0.000000241. The van der Waals surface area contributed by atoms with Gasteiger partial charge >= 0.3 is 0 Å². The van der Waals surface area contributed by atoms with Crippen LogP contribution in [0.4, 0.5) is 67.3 Å². The van der Waals surface area contributed by atoms with E-state index >= 15 is 0 Å². The Morgan fingerprint density at radius 2 is 0.809 bits per heavy atom. The fourth-order valence-corrected chi connectivity index (χ4v) is 10.8.